The zero-order chi connectivity index (χ0) is 13.7. The number of carbonyl (C=O) groups is 2. The summed E-state index contributed by atoms with van der Waals surface area (Å²) in [6.07, 6.45) is 4.26. The van der Waals surface area contributed by atoms with Gasteiger partial charge in [-0.3, -0.25) is 9.59 Å². The fraction of sp³-hybridized carbons (Fsp3) is 0.846. The average Bonchev–Trinajstić information content (AvgIpc) is 2.40. The second-order valence-corrected chi connectivity index (χ2v) is 6.55. The molecule has 0 aromatic rings. The van der Waals surface area contributed by atoms with E-state index in [-0.39, 0.29) is 29.8 Å². The molecule has 0 spiro atoms. The van der Waals surface area contributed by atoms with Crippen LogP contribution in [0.2, 0.25) is 0 Å². The van der Waals surface area contributed by atoms with Crippen LogP contribution in [0.25, 0.3) is 0 Å². The van der Waals surface area contributed by atoms with Crippen molar-refractivity contribution in [1.29, 1.82) is 0 Å². The van der Waals surface area contributed by atoms with Crippen molar-refractivity contribution in [2.75, 3.05) is 18.1 Å². The van der Waals surface area contributed by atoms with Gasteiger partial charge in [0, 0.05) is 36.6 Å². The number of hydrogen-bond donors (Lipinski definition) is 3. The van der Waals surface area contributed by atoms with Gasteiger partial charge in [-0.05, 0) is 12.8 Å². The number of amides is 2. The van der Waals surface area contributed by atoms with Crippen LogP contribution in [0.3, 0.4) is 0 Å². The van der Waals surface area contributed by atoms with Gasteiger partial charge in [0.25, 0.3) is 0 Å². The number of nitrogens with one attached hydrogen (secondary N) is 2. The van der Waals surface area contributed by atoms with Gasteiger partial charge in [0.15, 0.2) is 0 Å². The Hall–Kier alpha value is -0.750. The normalized spacial score (nSPS) is 31.7. The van der Waals surface area contributed by atoms with E-state index in [0.29, 0.717) is 6.42 Å². The van der Waals surface area contributed by atoms with Crippen molar-refractivity contribution >= 4 is 23.6 Å². The summed E-state index contributed by atoms with van der Waals surface area (Å²) in [5, 5.41) is 6.36. The van der Waals surface area contributed by atoms with Crippen LogP contribution in [-0.4, -0.2) is 41.9 Å². The average molecular weight is 285 g/mol. The van der Waals surface area contributed by atoms with Gasteiger partial charge in [0.05, 0.1) is 5.92 Å². The van der Waals surface area contributed by atoms with E-state index < -0.39 is 0 Å². The van der Waals surface area contributed by atoms with Crippen LogP contribution < -0.4 is 16.4 Å². The number of hydrogen-bond acceptors (Lipinski definition) is 4. The van der Waals surface area contributed by atoms with Gasteiger partial charge in [-0.2, -0.15) is 11.8 Å². The molecule has 0 aromatic heterocycles. The molecule has 19 heavy (non-hydrogen) atoms. The van der Waals surface area contributed by atoms with Gasteiger partial charge in [-0.25, -0.2) is 0 Å². The minimum Gasteiger partial charge on any atom is -0.369 e. The van der Waals surface area contributed by atoms with Crippen LogP contribution in [0, 0.1) is 5.92 Å². The highest BCUT2D eigenvalue weighted by atomic mass is 32.2. The van der Waals surface area contributed by atoms with E-state index in [0.717, 1.165) is 43.7 Å². The molecule has 3 atom stereocenters. The summed E-state index contributed by atoms with van der Waals surface area (Å²) in [7, 11) is 0. The van der Waals surface area contributed by atoms with E-state index in [1.807, 2.05) is 11.8 Å². The summed E-state index contributed by atoms with van der Waals surface area (Å²) in [4.78, 5) is 23.4. The minimum atomic E-state index is -0.281. The van der Waals surface area contributed by atoms with E-state index in [4.69, 9.17) is 5.73 Å². The maximum Gasteiger partial charge on any atom is 0.222 e. The molecule has 2 aliphatic rings. The summed E-state index contributed by atoms with van der Waals surface area (Å²) in [6.45, 7) is 0.968. The third kappa shape index (κ3) is 4.38. The molecule has 4 N–H and O–H groups in total. The Balaban J connectivity index is 1.80. The smallest absolute Gasteiger partial charge is 0.222 e. The number of primary amides is 1. The molecular weight excluding hydrogens is 262 g/mol. The zero-order valence-electron chi connectivity index (χ0n) is 11.2. The van der Waals surface area contributed by atoms with E-state index in [1.165, 1.54) is 0 Å². The Kier molecular flexibility index (Phi) is 5.51. The predicted octanol–water partition coefficient (Wildman–Crippen LogP) is 0.242. The van der Waals surface area contributed by atoms with Gasteiger partial charge in [0.2, 0.25) is 11.8 Å². The predicted molar refractivity (Wildman–Crippen MR) is 76.8 cm³/mol. The van der Waals surface area contributed by atoms with Crippen molar-refractivity contribution in [3.05, 3.63) is 0 Å². The lowest BCUT2D eigenvalue weighted by atomic mass is 9.84. The first-order valence-corrected chi connectivity index (χ1v) is 8.22. The number of nitrogens with two attached hydrogens (primary N) is 1. The van der Waals surface area contributed by atoms with Crippen molar-refractivity contribution in [3.63, 3.8) is 0 Å². The maximum atomic E-state index is 12.0. The van der Waals surface area contributed by atoms with E-state index in [2.05, 4.69) is 10.6 Å². The summed E-state index contributed by atoms with van der Waals surface area (Å²) in [6, 6.07) is 0.198. The minimum absolute atomic E-state index is 0.0400. The highest BCUT2D eigenvalue weighted by molar-refractivity contribution is 7.99. The topological polar surface area (TPSA) is 84.2 Å². The lowest BCUT2D eigenvalue weighted by Crippen LogP contribution is -2.49. The fourth-order valence-electron chi connectivity index (χ4n) is 2.88. The Morgan fingerprint density at radius 2 is 2.11 bits per heavy atom. The van der Waals surface area contributed by atoms with Crippen LogP contribution in [0.1, 0.15) is 32.1 Å². The number of rotatable bonds is 4. The summed E-state index contributed by atoms with van der Waals surface area (Å²) in [5.74, 6) is 1.67. The van der Waals surface area contributed by atoms with Crippen molar-refractivity contribution in [2.45, 2.75) is 44.2 Å². The van der Waals surface area contributed by atoms with Crippen LogP contribution in [0.5, 0.6) is 0 Å². The van der Waals surface area contributed by atoms with Crippen LogP contribution in [0.4, 0.5) is 0 Å². The second kappa shape index (κ2) is 7.14. The molecule has 5 nitrogen and oxygen atoms in total. The van der Waals surface area contributed by atoms with Crippen LogP contribution in [-0.2, 0) is 9.59 Å². The Morgan fingerprint density at radius 1 is 1.32 bits per heavy atom. The van der Waals surface area contributed by atoms with Gasteiger partial charge in [-0.1, -0.05) is 12.8 Å². The molecule has 108 valence electrons. The molecule has 2 fully saturated rings. The first-order valence-electron chi connectivity index (χ1n) is 7.06. The number of carbonyl (C=O) groups excluding carboxylic acids is 2. The molecular formula is C13H23N3O2S. The molecule has 3 unspecified atom stereocenters. The van der Waals surface area contributed by atoms with E-state index in [9.17, 15) is 9.59 Å². The Bertz CT molecular complexity index is 332. The van der Waals surface area contributed by atoms with Crippen molar-refractivity contribution in [2.24, 2.45) is 11.7 Å². The Labute approximate surface area is 118 Å². The lowest BCUT2D eigenvalue weighted by molar-refractivity contribution is -0.126. The summed E-state index contributed by atoms with van der Waals surface area (Å²) < 4.78 is 0. The van der Waals surface area contributed by atoms with Crippen molar-refractivity contribution in [1.82, 2.24) is 10.6 Å². The van der Waals surface area contributed by atoms with Gasteiger partial charge < -0.3 is 16.4 Å². The van der Waals surface area contributed by atoms with Crippen LogP contribution >= 0.6 is 11.8 Å². The van der Waals surface area contributed by atoms with Crippen molar-refractivity contribution < 1.29 is 9.59 Å². The largest absolute Gasteiger partial charge is 0.369 e. The standard InChI is InChI=1S/C13H23N3O2S/c14-13(18)10-3-1-2-4-11(10)16-12(17)7-9-8-19-6-5-15-9/h9-11,15H,1-8H2,(H2,14,18)(H,16,17). The number of thioether (sulfide) groups is 1. The van der Waals surface area contributed by atoms with Crippen LogP contribution in [0.15, 0.2) is 0 Å². The fourth-order valence-corrected chi connectivity index (χ4v) is 3.83. The molecule has 0 radical (unpaired) electrons. The van der Waals surface area contributed by atoms with Gasteiger partial charge in [0.1, 0.15) is 0 Å². The van der Waals surface area contributed by atoms with E-state index in [1.54, 1.807) is 0 Å². The molecule has 1 heterocycles. The molecule has 2 amide bonds. The monoisotopic (exact) mass is 285 g/mol. The quantitative estimate of drug-likeness (QED) is 0.691. The Morgan fingerprint density at radius 3 is 2.79 bits per heavy atom. The second-order valence-electron chi connectivity index (χ2n) is 5.40. The highest BCUT2D eigenvalue weighted by Gasteiger charge is 2.30. The van der Waals surface area contributed by atoms with E-state index >= 15 is 0 Å². The molecule has 0 bridgehead atoms. The molecule has 0 aromatic carbocycles. The molecule has 1 aliphatic carbocycles. The third-order valence-corrected chi connectivity index (χ3v) is 5.04. The summed E-state index contributed by atoms with van der Waals surface area (Å²) in [5.41, 5.74) is 5.41. The summed E-state index contributed by atoms with van der Waals surface area (Å²) >= 11 is 1.88. The SMILES string of the molecule is NC(=O)C1CCCCC1NC(=O)CC1CSCCN1. The van der Waals surface area contributed by atoms with Gasteiger partial charge in [-0.15, -0.1) is 0 Å². The lowest BCUT2D eigenvalue weighted by Gasteiger charge is -2.31. The first kappa shape index (κ1) is 14.7. The maximum absolute atomic E-state index is 12.0. The molecule has 6 heteroatoms. The van der Waals surface area contributed by atoms with Crippen molar-refractivity contribution in [3.8, 4) is 0 Å². The third-order valence-electron chi connectivity index (χ3n) is 3.91. The highest BCUT2D eigenvalue weighted by Crippen LogP contribution is 2.24. The molecule has 1 saturated carbocycles. The van der Waals surface area contributed by atoms with Gasteiger partial charge >= 0.3 is 0 Å². The first-order chi connectivity index (χ1) is 9.16. The molecule has 1 aliphatic heterocycles. The molecule has 2 rings (SSSR count). The zero-order valence-corrected chi connectivity index (χ0v) is 12.0. The molecule has 1 saturated heterocycles.